The molecule has 0 bridgehead atoms. The van der Waals surface area contributed by atoms with Crippen LogP contribution in [0.4, 0.5) is 13.2 Å². The average Bonchev–Trinajstić information content (AvgIpc) is 2.74. The molecule has 0 spiro atoms. The lowest BCUT2D eigenvalue weighted by Crippen LogP contribution is -2.09. The van der Waals surface area contributed by atoms with Crippen molar-refractivity contribution < 1.29 is 27.5 Å². The smallest absolute Gasteiger partial charge is 0.417 e. The Morgan fingerprint density at radius 2 is 1.28 bits per heavy atom. The van der Waals surface area contributed by atoms with Crippen molar-refractivity contribution >= 4 is 44.9 Å². The number of alkyl halides is 3. The highest BCUT2D eigenvalue weighted by Gasteiger charge is 2.34. The Balaban J connectivity index is 2.96. The molecule has 0 atom stereocenters. The molecule has 0 radical (unpaired) electrons. The van der Waals surface area contributed by atoms with E-state index < -0.39 is 11.7 Å². The highest BCUT2D eigenvalue weighted by atomic mass is 32.2. The predicted molar refractivity (Wildman–Crippen MR) is 123 cm³/mol. The Morgan fingerprint density at radius 3 is 1.78 bits per heavy atom. The van der Waals surface area contributed by atoms with Crippen molar-refractivity contribution in [3.8, 4) is 28.1 Å². The van der Waals surface area contributed by atoms with Gasteiger partial charge >= 0.3 is 6.18 Å². The number of halogens is 3. The predicted octanol–water partition coefficient (Wildman–Crippen LogP) is 6.11. The zero-order valence-electron chi connectivity index (χ0n) is 17.3. The van der Waals surface area contributed by atoms with Gasteiger partial charge in [-0.2, -0.15) is 13.2 Å². The number of hydrogen-bond donors (Lipinski definition) is 0. The van der Waals surface area contributed by atoms with Crippen molar-refractivity contribution in [2.45, 2.75) is 20.0 Å². The van der Waals surface area contributed by atoms with Crippen LogP contribution < -0.4 is 4.74 Å². The number of methoxy groups -OCH3 is 1. The molecule has 164 valence electrons. The highest BCUT2D eigenvalue weighted by molar-refractivity contribution is 8.17. The van der Waals surface area contributed by atoms with Crippen molar-refractivity contribution in [3.05, 3.63) is 65.2 Å². The van der Waals surface area contributed by atoms with E-state index in [0.29, 0.717) is 34.8 Å². The first-order valence-corrected chi connectivity index (χ1v) is 10.7. The first-order chi connectivity index (χ1) is 15.1. The van der Waals surface area contributed by atoms with Gasteiger partial charge in [0.2, 0.25) is 0 Å². The van der Waals surface area contributed by atoms with Crippen molar-refractivity contribution in [3.63, 3.8) is 0 Å². The van der Waals surface area contributed by atoms with Crippen LogP contribution in [-0.2, 0) is 15.8 Å². The lowest BCUT2D eigenvalue weighted by atomic mass is 9.92. The summed E-state index contributed by atoms with van der Waals surface area (Å²) in [4.78, 5) is 22.7. The Hall–Kier alpha value is -3.07. The number of thioether (sulfide) groups is 2. The molecular weight excluding hydrogens is 457 g/mol. The average molecular weight is 475 g/mol. The molecule has 32 heavy (non-hydrogen) atoms. The fourth-order valence-electron chi connectivity index (χ4n) is 2.63. The number of ether oxygens (including phenoxy) is 1. The van der Waals surface area contributed by atoms with Gasteiger partial charge in [0.1, 0.15) is 5.75 Å². The summed E-state index contributed by atoms with van der Waals surface area (Å²) < 4.78 is 46.7. The van der Waals surface area contributed by atoms with Crippen LogP contribution in [0.5, 0.6) is 5.75 Å². The van der Waals surface area contributed by atoms with Crippen LogP contribution in [0, 0.1) is 22.3 Å². The molecule has 0 fully saturated rings. The Kier molecular flexibility index (Phi) is 9.07. The number of para-hydroxylation sites is 1. The van der Waals surface area contributed by atoms with Gasteiger partial charge in [-0.05, 0) is 28.7 Å². The van der Waals surface area contributed by atoms with Gasteiger partial charge in [-0.3, -0.25) is 9.59 Å². The molecule has 8 heteroatoms. The summed E-state index contributed by atoms with van der Waals surface area (Å²) in [5.41, 5.74) is -0.580. The van der Waals surface area contributed by atoms with Gasteiger partial charge in [-0.25, -0.2) is 0 Å². The van der Waals surface area contributed by atoms with Crippen LogP contribution in [0.2, 0.25) is 0 Å². The van der Waals surface area contributed by atoms with Gasteiger partial charge in [-0.15, -0.1) is 0 Å². The van der Waals surface area contributed by atoms with E-state index in [0.717, 1.165) is 6.07 Å². The zero-order valence-corrected chi connectivity index (χ0v) is 18.9. The number of carbonyl (C=O) groups excluding carboxylic acids is 2. The minimum absolute atomic E-state index is 0.0344. The van der Waals surface area contributed by atoms with E-state index in [2.05, 4.69) is 22.3 Å². The lowest BCUT2D eigenvalue weighted by molar-refractivity contribution is -0.137. The largest absolute Gasteiger partial charge is 0.496 e. The second-order valence-corrected chi connectivity index (χ2v) is 8.10. The van der Waals surface area contributed by atoms with Crippen molar-refractivity contribution in [1.29, 1.82) is 0 Å². The summed E-state index contributed by atoms with van der Waals surface area (Å²) in [6.07, 6.45) is -4.65. The van der Waals surface area contributed by atoms with Crippen LogP contribution >= 0.6 is 23.5 Å². The summed E-state index contributed by atoms with van der Waals surface area (Å²) in [5, 5.41) is 4.60. The summed E-state index contributed by atoms with van der Waals surface area (Å²) >= 11 is 1.38. The van der Waals surface area contributed by atoms with Crippen LogP contribution in [0.25, 0.3) is 11.1 Å². The monoisotopic (exact) mass is 474 g/mol. The lowest BCUT2D eigenvalue weighted by Gasteiger charge is -2.15. The van der Waals surface area contributed by atoms with Gasteiger partial charge in [0.25, 0.3) is 0 Å². The Morgan fingerprint density at radius 1 is 0.812 bits per heavy atom. The topological polar surface area (TPSA) is 43.4 Å². The van der Waals surface area contributed by atoms with E-state index >= 15 is 0 Å². The number of carbonyl (C=O) groups is 2. The van der Waals surface area contributed by atoms with Crippen LogP contribution in [-0.4, -0.2) is 17.3 Å². The minimum Gasteiger partial charge on any atom is -0.496 e. The van der Waals surface area contributed by atoms with Crippen LogP contribution in [0.3, 0.4) is 0 Å². The molecule has 0 heterocycles. The number of allylic oxidation sites excluding steroid dienone is 2. The number of rotatable bonds is 3. The molecule has 0 saturated carbocycles. The van der Waals surface area contributed by atoms with E-state index in [4.69, 9.17) is 4.74 Å². The van der Waals surface area contributed by atoms with Crippen LogP contribution in [0.1, 0.15) is 30.5 Å². The van der Waals surface area contributed by atoms with Gasteiger partial charge in [0, 0.05) is 54.1 Å². The fraction of sp³-hybridized carbons (Fsp3) is 0.167. The Bertz CT molecular complexity index is 1180. The summed E-state index contributed by atoms with van der Waals surface area (Å²) in [7, 11) is 1.43. The molecule has 0 aliphatic heterocycles. The first kappa shape index (κ1) is 25.2. The van der Waals surface area contributed by atoms with Gasteiger partial charge < -0.3 is 4.74 Å². The van der Waals surface area contributed by atoms with E-state index in [1.54, 1.807) is 24.3 Å². The molecular formula is C24H17F3O3S2. The quantitative estimate of drug-likeness (QED) is 0.397. The molecule has 0 N–H and O–H groups in total. The summed E-state index contributed by atoms with van der Waals surface area (Å²) in [6, 6.07) is 11.6. The maximum absolute atomic E-state index is 13.8. The van der Waals surface area contributed by atoms with E-state index in [9.17, 15) is 22.8 Å². The molecule has 0 amide bonds. The van der Waals surface area contributed by atoms with Gasteiger partial charge in [0.15, 0.2) is 10.2 Å². The first-order valence-electron chi connectivity index (χ1n) is 9.06. The number of benzene rings is 2. The number of hydrogen-bond acceptors (Lipinski definition) is 5. The SMILES string of the molecule is COc1ccccc1C(C#CSC(C)=O)=C(C#CSC(C)=O)c1ccccc1C(F)(F)F. The van der Waals surface area contributed by atoms with Crippen molar-refractivity contribution in [2.24, 2.45) is 0 Å². The van der Waals surface area contributed by atoms with Crippen molar-refractivity contribution in [1.82, 2.24) is 0 Å². The maximum Gasteiger partial charge on any atom is 0.417 e. The van der Waals surface area contributed by atoms with Crippen molar-refractivity contribution in [2.75, 3.05) is 7.11 Å². The maximum atomic E-state index is 13.8. The van der Waals surface area contributed by atoms with Gasteiger partial charge in [-0.1, -0.05) is 42.2 Å². The molecule has 0 saturated heterocycles. The van der Waals surface area contributed by atoms with E-state index in [1.807, 2.05) is 0 Å². The zero-order chi connectivity index (χ0) is 23.7. The molecule has 0 aromatic heterocycles. The van der Waals surface area contributed by atoms with Crippen LogP contribution in [0.15, 0.2) is 48.5 Å². The Labute approximate surface area is 192 Å². The summed E-state index contributed by atoms with van der Waals surface area (Å²) in [5.74, 6) is 5.84. The highest BCUT2D eigenvalue weighted by Crippen LogP contribution is 2.38. The minimum atomic E-state index is -4.65. The second kappa shape index (κ2) is 11.5. The summed E-state index contributed by atoms with van der Waals surface area (Å²) in [6.45, 7) is 2.63. The molecule has 0 unspecified atom stereocenters. The third-order valence-corrected chi connectivity index (χ3v) is 4.85. The normalized spacial score (nSPS) is 11.3. The molecule has 3 nitrogen and oxygen atoms in total. The molecule has 2 aromatic carbocycles. The third-order valence-electron chi connectivity index (χ3n) is 3.87. The second-order valence-electron chi connectivity index (χ2n) is 6.14. The fourth-order valence-corrected chi connectivity index (χ4v) is 3.22. The van der Waals surface area contributed by atoms with E-state index in [1.165, 1.54) is 39.2 Å². The molecule has 0 aliphatic rings. The van der Waals surface area contributed by atoms with Gasteiger partial charge in [0.05, 0.1) is 18.2 Å². The standard InChI is InChI=1S/C24H17F3O3S2/c1-16(28)31-14-12-18(20-8-4-6-10-22(20)24(25,26)27)19(13-15-32-17(2)29)21-9-5-7-11-23(21)30-3/h4-11H,1-3H3. The third kappa shape index (κ3) is 6.98. The molecule has 0 aliphatic carbocycles. The van der Waals surface area contributed by atoms with E-state index in [-0.39, 0.29) is 26.9 Å². The molecule has 2 rings (SSSR count). The molecule has 2 aromatic rings.